The van der Waals surface area contributed by atoms with Crippen molar-refractivity contribution in [2.75, 3.05) is 37.5 Å². The Bertz CT molecular complexity index is 1410. The van der Waals surface area contributed by atoms with Gasteiger partial charge >= 0.3 is 0 Å². The number of halogens is 2. The number of aliphatic hydroxyl groups excluding tert-OH is 1. The predicted molar refractivity (Wildman–Crippen MR) is 152 cm³/mol. The zero-order chi connectivity index (χ0) is 27.0. The van der Waals surface area contributed by atoms with Gasteiger partial charge in [0, 0.05) is 42.2 Å². The van der Waals surface area contributed by atoms with E-state index >= 15 is 0 Å². The Kier molecular flexibility index (Phi) is 7.54. The molecule has 0 aliphatic carbocycles. The summed E-state index contributed by atoms with van der Waals surface area (Å²) >= 11 is 13.2. The molecule has 200 valence electrons. The zero-order valence-corrected chi connectivity index (χ0v) is 23.1. The molecule has 1 saturated heterocycles. The Morgan fingerprint density at radius 1 is 1.03 bits per heavy atom. The van der Waals surface area contributed by atoms with Crippen molar-refractivity contribution in [1.82, 2.24) is 20.5 Å². The second kappa shape index (κ2) is 10.9. The number of methoxy groups -OCH3 is 2. The fraction of sp³-hybridized carbons (Fsp3) is 0.333. The Balaban J connectivity index is 1.37. The van der Waals surface area contributed by atoms with E-state index in [1.54, 1.807) is 12.3 Å². The largest absolute Gasteiger partial charge is 0.495 e. The summed E-state index contributed by atoms with van der Waals surface area (Å²) < 4.78 is 10.8. The molecule has 1 aliphatic rings. The summed E-state index contributed by atoms with van der Waals surface area (Å²) in [6, 6.07) is 11.9. The van der Waals surface area contributed by atoms with Gasteiger partial charge in [0.2, 0.25) is 0 Å². The van der Waals surface area contributed by atoms with Gasteiger partial charge in [0.25, 0.3) is 0 Å². The quantitative estimate of drug-likeness (QED) is 0.229. The van der Waals surface area contributed by atoms with Gasteiger partial charge in [0.1, 0.15) is 11.5 Å². The minimum atomic E-state index is -1.04. The number of aromatic amines is 1. The molecule has 0 bridgehead atoms. The van der Waals surface area contributed by atoms with Gasteiger partial charge in [0.05, 0.1) is 47.4 Å². The highest BCUT2D eigenvalue weighted by molar-refractivity contribution is 6.41. The third kappa shape index (κ3) is 5.07. The van der Waals surface area contributed by atoms with E-state index in [1.807, 2.05) is 30.3 Å². The van der Waals surface area contributed by atoms with Crippen LogP contribution in [0.25, 0.3) is 22.0 Å². The number of hydrogen-bond donors (Lipinski definition) is 4. The second-order valence-corrected chi connectivity index (χ2v) is 10.2. The standard InChI is InChI=1S/C27H30Cl2N6O3/c1-14-12-35(13-15(2)31-14)17-6-8-19(30-11-17)27(36)32-26-18-7-5-16(9-20(18)33-34-26)23-24(28)21(37-3)10-22(38-4)25(23)29/h5-11,14-15,27,31,36H,12-13H2,1-4H3,(H2,32,33,34)/t14-,15+,27?. The van der Waals surface area contributed by atoms with Crippen molar-refractivity contribution in [3.63, 3.8) is 0 Å². The number of piperazine rings is 1. The Hall–Kier alpha value is -3.24. The van der Waals surface area contributed by atoms with E-state index in [9.17, 15) is 5.11 Å². The van der Waals surface area contributed by atoms with Gasteiger partial charge in [-0.05, 0) is 43.7 Å². The third-order valence-electron chi connectivity index (χ3n) is 6.67. The molecule has 4 N–H and O–H groups in total. The second-order valence-electron chi connectivity index (χ2n) is 9.48. The number of pyridine rings is 1. The summed E-state index contributed by atoms with van der Waals surface area (Å²) in [4.78, 5) is 6.81. The van der Waals surface area contributed by atoms with Crippen LogP contribution in [-0.2, 0) is 0 Å². The molecule has 0 saturated carbocycles. The van der Waals surface area contributed by atoms with Crippen LogP contribution in [0.1, 0.15) is 25.8 Å². The lowest BCUT2D eigenvalue weighted by atomic mass is 10.0. The monoisotopic (exact) mass is 556 g/mol. The molecule has 5 rings (SSSR count). The molecule has 11 heteroatoms. The van der Waals surface area contributed by atoms with Crippen molar-refractivity contribution in [1.29, 1.82) is 0 Å². The van der Waals surface area contributed by atoms with Gasteiger partial charge < -0.3 is 30.1 Å². The molecule has 1 unspecified atom stereocenters. The molecule has 38 heavy (non-hydrogen) atoms. The Morgan fingerprint density at radius 2 is 1.71 bits per heavy atom. The first-order valence-corrected chi connectivity index (χ1v) is 13.0. The molecule has 4 aromatic rings. The minimum Gasteiger partial charge on any atom is -0.495 e. The van der Waals surface area contributed by atoms with Crippen LogP contribution in [0.3, 0.4) is 0 Å². The number of ether oxygens (including phenoxy) is 2. The highest BCUT2D eigenvalue weighted by Crippen LogP contribution is 2.46. The molecular formula is C27H30Cl2N6O3. The summed E-state index contributed by atoms with van der Waals surface area (Å²) in [7, 11) is 3.07. The van der Waals surface area contributed by atoms with Gasteiger partial charge in [-0.15, -0.1) is 0 Å². The third-order valence-corrected chi connectivity index (χ3v) is 7.42. The van der Waals surface area contributed by atoms with E-state index < -0.39 is 6.23 Å². The highest BCUT2D eigenvalue weighted by atomic mass is 35.5. The molecule has 2 aromatic heterocycles. The maximum absolute atomic E-state index is 10.8. The van der Waals surface area contributed by atoms with Crippen LogP contribution in [0.4, 0.5) is 11.5 Å². The van der Waals surface area contributed by atoms with E-state index in [0.29, 0.717) is 50.7 Å². The van der Waals surface area contributed by atoms with Crippen LogP contribution in [0.5, 0.6) is 11.5 Å². The average Bonchev–Trinajstić information content (AvgIpc) is 3.30. The van der Waals surface area contributed by atoms with E-state index in [0.717, 1.165) is 35.2 Å². The molecule has 1 aliphatic heterocycles. The lowest BCUT2D eigenvalue weighted by Gasteiger charge is -2.37. The summed E-state index contributed by atoms with van der Waals surface area (Å²) in [5.74, 6) is 1.41. The lowest BCUT2D eigenvalue weighted by Crippen LogP contribution is -2.54. The Labute approximate surface area is 231 Å². The number of benzene rings is 2. The lowest BCUT2D eigenvalue weighted by molar-refractivity contribution is 0.203. The summed E-state index contributed by atoms with van der Waals surface area (Å²) in [5, 5.41) is 26.3. The van der Waals surface area contributed by atoms with Crippen molar-refractivity contribution in [3.8, 4) is 22.6 Å². The first-order valence-electron chi connectivity index (χ1n) is 12.3. The Morgan fingerprint density at radius 3 is 2.32 bits per heavy atom. The first-order chi connectivity index (χ1) is 18.3. The van der Waals surface area contributed by atoms with E-state index in [2.05, 4.69) is 44.6 Å². The number of hydrogen-bond acceptors (Lipinski definition) is 8. The van der Waals surface area contributed by atoms with Crippen LogP contribution >= 0.6 is 23.2 Å². The molecule has 2 aromatic carbocycles. The van der Waals surface area contributed by atoms with E-state index in [1.165, 1.54) is 14.2 Å². The van der Waals surface area contributed by atoms with Gasteiger partial charge in [0.15, 0.2) is 12.0 Å². The number of fused-ring (bicyclic) bond motifs is 1. The van der Waals surface area contributed by atoms with Crippen LogP contribution in [0.15, 0.2) is 42.6 Å². The fourth-order valence-corrected chi connectivity index (χ4v) is 5.63. The van der Waals surface area contributed by atoms with Gasteiger partial charge in [-0.3, -0.25) is 10.1 Å². The molecule has 3 heterocycles. The van der Waals surface area contributed by atoms with Crippen molar-refractivity contribution >= 4 is 45.6 Å². The fourth-order valence-electron chi connectivity index (χ4n) is 4.91. The van der Waals surface area contributed by atoms with Crippen molar-refractivity contribution in [2.24, 2.45) is 0 Å². The maximum Gasteiger partial charge on any atom is 0.169 e. The number of H-pyrrole nitrogens is 1. The van der Waals surface area contributed by atoms with Crippen LogP contribution in [0, 0.1) is 0 Å². The molecule has 3 atom stereocenters. The number of anilines is 2. The number of aliphatic hydroxyl groups is 1. The predicted octanol–water partition coefficient (Wildman–Crippen LogP) is 5.24. The molecule has 0 radical (unpaired) electrons. The number of nitrogens with one attached hydrogen (secondary N) is 3. The molecular weight excluding hydrogens is 527 g/mol. The van der Waals surface area contributed by atoms with Crippen molar-refractivity contribution in [2.45, 2.75) is 32.2 Å². The van der Waals surface area contributed by atoms with Crippen LogP contribution < -0.4 is 25.0 Å². The van der Waals surface area contributed by atoms with Gasteiger partial charge in [-0.2, -0.15) is 5.10 Å². The van der Waals surface area contributed by atoms with Crippen LogP contribution in [0.2, 0.25) is 10.0 Å². The average molecular weight is 557 g/mol. The number of aromatic nitrogens is 3. The summed E-state index contributed by atoms with van der Waals surface area (Å²) in [6.07, 6.45) is 0.762. The molecule has 0 spiro atoms. The van der Waals surface area contributed by atoms with Crippen molar-refractivity contribution < 1.29 is 14.6 Å². The normalized spacial score (nSPS) is 18.4. The number of rotatable bonds is 7. The smallest absolute Gasteiger partial charge is 0.169 e. The molecule has 9 nitrogen and oxygen atoms in total. The zero-order valence-electron chi connectivity index (χ0n) is 21.5. The van der Waals surface area contributed by atoms with E-state index in [4.69, 9.17) is 32.7 Å². The van der Waals surface area contributed by atoms with Crippen molar-refractivity contribution in [3.05, 3.63) is 58.3 Å². The van der Waals surface area contributed by atoms with Gasteiger partial charge in [-0.1, -0.05) is 29.3 Å². The van der Waals surface area contributed by atoms with E-state index in [-0.39, 0.29) is 0 Å². The topological polar surface area (TPSA) is 108 Å². The molecule has 0 amide bonds. The highest BCUT2D eigenvalue weighted by Gasteiger charge is 2.23. The summed E-state index contributed by atoms with van der Waals surface area (Å²) in [6.45, 7) is 6.16. The molecule has 1 fully saturated rings. The maximum atomic E-state index is 10.8. The van der Waals surface area contributed by atoms with Crippen LogP contribution in [-0.4, -0.2) is 59.7 Å². The summed E-state index contributed by atoms with van der Waals surface area (Å²) in [5.41, 5.74) is 3.61. The first kappa shape index (κ1) is 26.4. The SMILES string of the molecule is COc1cc(OC)c(Cl)c(-c2ccc3c(NC(O)c4ccc(N5C[C@@H](C)N[C@@H](C)C5)cn4)n[nH]c3c2)c1Cl. The van der Waals surface area contributed by atoms with Gasteiger partial charge in [-0.25, -0.2) is 0 Å². The minimum absolute atomic E-state index is 0.380. The number of nitrogens with zero attached hydrogens (tertiary/aromatic N) is 3.